The molecular formula is C17H23Cl3N2O. The van der Waals surface area contributed by atoms with Crippen molar-refractivity contribution in [1.82, 2.24) is 4.90 Å². The van der Waals surface area contributed by atoms with E-state index in [1.165, 1.54) is 0 Å². The first kappa shape index (κ1) is 18.9. The molecule has 0 aromatic heterocycles. The Morgan fingerprint density at radius 3 is 2.78 bits per heavy atom. The largest absolute Gasteiger partial charge is 0.335 e. The average molecular weight is 378 g/mol. The number of nitrogens with zero attached hydrogens (tertiary/aromatic N) is 1. The van der Waals surface area contributed by atoms with Gasteiger partial charge in [0.25, 0.3) is 0 Å². The van der Waals surface area contributed by atoms with Crippen LogP contribution in [-0.2, 0) is 11.2 Å². The Bertz CT molecular complexity index is 593. The standard InChI is InChI=1S/C17H22Cl2N2O.ClH/c1-10-15-7-12(18)8-16(19)14(15)5-6-21(10)17(22)13-4-2-3-11(13)9-20;/h7-8,10-11,13H,2-6,9,20H2,1H3;1H/t10?,11-,13-;/m1./s1. The van der Waals surface area contributed by atoms with E-state index in [4.69, 9.17) is 28.9 Å². The molecule has 1 aromatic carbocycles. The van der Waals surface area contributed by atoms with E-state index in [1.807, 2.05) is 11.0 Å². The number of carbonyl (C=O) groups is 1. The number of rotatable bonds is 2. The maximum absolute atomic E-state index is 13.0. The number of halogens is 3. The SMILES string of the molecule is CC1c2cc(Cl)cc(Cl)c2CCN1C(=O)[C@@H]1CCC[C@@H]1CN.Cl. The van der Waals surface area contributed by atoms with Crippen LogP contribution in [-0.4, -0.2) is 23.9 Å². The summed E-state index contributed by atoms with van der Waals surface area (Å²) in [6.07, 6.45) is 3.94. The van der Waals surface area contributed by atoms with Crippen LogP contribution < -0.4 is 5.73 Å². The third-order valence-electron chi connectivity index (χ3n) is 5.28. The van der Waals surface area contributed by atoms with Crippen LogP contribution >= 0.6 is 35.6 Å². The molecule has 2 aliphatic rings. The topological polar surface area (TPSA) is 46.3 Å². The Balaban J connectivity index is 0.00000192. The van der Waals surface area contributed by atoms with Gasteiger partial charge in [-0.15, -0.1) is 12.4 Å². The van der Waals surface area contributed by atoms with Gasteiger partial charge in [-0.2, -0.15) is 0 Å². The minimum atomic E-state index is 0. The van der Waals surface area contributed by atoms with Gasteiger partial charge in [0, 0.05) is 22.5 Å². The highest BCUT2D eigenvalue weighted by atomic mass is 35.5. The molecule has 0 saturated heterocycles. The molecule has 3 atom stereocenters. The van der Waals surface area contributed by atoms with Gasteiger partial charge < -0.3 is 10.6 Å². The third kappa shape index (κ3) is 3.48. The zero-order valence-electron chi connectivity index (χ0n) is 13.2. The highest BCUT2D eigenvalue weighted by molar-refractivity contribution is 6.35. The van der Waals surface area contributed by atoms with Crippen LogP contribution in [0.2, 0.25) is 10.0 Å². The lowest BCUT2D eigenvalue weighted by Gasteiger charge is -2.38. The average Bonchev–Trinajstić information content (AvgIpc) is 2.96. The Kier molecular flexibility index (Phi) is 6.23. The monoisotopic (exact) mass is 376 g/mol. The number of nitrogens with two attached hydrogens (primary N) is 1. The molecule has 0 radical (unpaired) electrons. The van der Waals surface area contributed by atoms with Crippen LogP contribution in [0.3, 0.4) is 0 Å². The zero-order valence-corrected chi connectivity index (χ0v) is 15.6. The highest BCUT2D eigenvalue weighted by Crippen LogP contribution is 2.39. The second-order valence-corrected chi connectivity index (χ2v) is 7.29. The first-order chi connectivity index (χ1) is 10.5. The molecule has 0 bridgehead atoms. The van der Waals surface area contributed by atoms with Crippen LogP contribution in [0.5, 0.6) is 0 Å². The van der Waals surface area contributed by atoms with Gasteiger partial charge in [0.15, 0.2) is 0 Å². The Morgan fingerprint density at radius 2 is 2.09 bits per heavy atom. The summed E-state index contributed by atoms with van der Waals surface area (Å²) in [6, 6.07) is 3.75. The summed E-state index contributed by atoms with van der Waals surface area (Å²) in [5, 5.41) is 1.34. The molecule has 1 fully saturated rings. The van der Waals surface area contributed by atoms with E-state index in [9.17, 15) is 4.79 Å². The van der Waals surface area contributed by atoms with Crippen molar-refractivity contribution in [3.63, 3.8) is 0 Å². The number of amides is 1. The summed E-state index contributed by atoms with van der Waals surface area (Å²) in [6.45, 7) is 3.39. The number of hydrogen-bond acceptors (Lipinski definition) is 2. The molecule has 23 heavy (non-hydrogen) atoms. The van der Waals surface area contributed by atoms with E-state index in [2.05, 4.69) is 6.92 Å². The fraction of sp³-hybridized carbons (Fsp3) is 0.588. The molecule has 3 rings (SSSR count). The lowest BCUT2D eigenvalue weighted by molar-refractivity contribution is -0.139. The second-order valence-electron chi connectivity index (χ2n) is 6.45. The Hall–Kier alpha value is -0.480. The summed E-state index contributed by atoms with van der Waals surface area (Å²) in [7, 11) is 0. The molecule has 1 amide bonds. The predicted octanol–water partition coefficient (Wildman–Crippen LogP) is 4.24. The van der Waals surface area contributed by atoms with Crippen LogP contribution in [0.4, 0.5) is 0 Å². The molecule has 1 unspecified atom stereocenters. The molecule has 3 nitrogen and oxygen atoms in total. The van der Waals surface area contributed by atoms with E-state index < -0.39 is 0 Å². The van der Waals surface area contributed by atoms with Gasteiger partial charge in [-0.25, -0.2) is 0 Å². The van der Waals surface area contributed by atoms with Gasteiger partial charge in [0.1, 0.15) is 0 Å². The van der Waals surface area contributed by atoms with Gasteiger partial charge in [0.2, 0.25) is 5.91 Å². The van der Waals surface area contributed by atoms with E-state index in [0.717, 1.165) is 43.4 Å². The zero-order chi connectivity index (χ0) is 15.9. The fourth-order valence-electron chi connectivity index (χ4n) is 4.01. The van der Waals surface area contributed by atoms with Gasteiger partial charge in [-0.3, -0.25) is 4.79 Å². The van der Waals surface area contributed by atoms with Crippen LogP contribution in [0.15, 0.2) is 12.1 Å². The van der Waals surface area contributed by atoms with Crippen molar-refractivity contribution >= 4 is 41.5 Å². The van der Waals surface area contributed by atoms with E-state index in [0.29, 0.717) is 22.5 Å². The third-order valence-corrected chi connectivity index (χ3v) is 5.83. The molecule has 1 aliphatic heterocycles. The van der Waals surface area contributed by atoms with Crippen molar-refractivity contribution in [2.45, 2.75) is 38.6 Å². The molecule has 1 aliphatic carbocycles. The van der Waals surface area contributed by atoms with E-state index in [-0.39, 0.29) is 30.3 Å². The molecule has 0 spiro atoms. The first-order valence-electron chi connectivity index (χ1n) is 8.01. The van der Waals surface area contributed by atoms with Crippen LogP contribution in [0, 0.1) is 11.8 Å². The molecule has 1 heterocycles. The second kappa shape index (κ2) is 7.60. The summed E-state index contributed by atoms with van der Waals surface area (Å²) in [4.78, 5) is 15.0. The molecular weight excluding hydrogens is 355 g/mol. The number of hydrogen-bond donors (Lipinski definition) is 1. The van der Waals surface area contributed by atoms with Crippen molar-refractivity contribution in [3.05, 3.63) is 33.3 Å². The summed E-state index contributed by atoms with van der Waals surface area (Å²) in [5.74, 6) is 0.676. The Morgan fingerprint density at radius 1 is 1.35 bits per heavy atom. The molecule has 2 N–H and O–H groups in total. The maximum Gasteiger partial charge on any atom is 0.226 e. The predicted molar refractivity (Wildman–Crippen MR) is 97.4 cm³/mol. The van der Waals surface area contributed by atoms with Crippen molar-refractivity contribution in [2.75, 3.05) is 13.1 Å². The van der Waals surface area contributed by atoms with Gasteiger partial charge >= 0.3 is 0 Å². The summed E-state index contributed by atoms with van der Waals surface area (Å²) >= 11 is 12.5. The first-order valence-corrected chi connectivity index (χ1v) is 8.77. The molecule has 6 heteroatoms. The maximum atomic E-state index is 13.0. The Labute approximate surface area is 153 Å². The number of benzene rings is 1. The number of carbonyl (C=O) groups excluding carboxylic acids is 1. The summed E-state index contributed by atoms with van der Waals surface area (Å²) in [5.41, 5.74) is 8.05. The van der Waals surface area contributed by atoms with Crippen LogP contribution in [0.1, 0.15) is 43.4 Å². The smallest absolute Gasteiger partial charge is 0.226 e. The van der Waals surface area contributed by atoms with Crippen molar-refractivity contribution in [3.8, 4) is 0 Å². The summed E-state index contributed by atoms with van der Waals surface area (Å²) < 4.78 is 0. The minimum absolute atomic E-state index is 0. The molecule has 128 valence electrons. The van der Waals surface area contributed by atoms with Crippen molar-refractivity contribution in [1.29, 1.82) is 0 Å². The lowest BCUT2D eigenvalue weighted by Crippen LogP contribution is -2.44. The fourth-order valence-corrected chi connectivity index (χ4v) is 4.62. The number of fused-ring (bicyclic) bond motifs is 1. The van der Waals surface area contributed by atoms with Crippen LogP contribution in [0.25, 0.3) is 0 Å². The van der Waals surface area contributed by atoms with Gasteiger partial charge in [-0.1, -0.05) is 29.6 Å². The quantitative estimate of drug-likeness (QED) is 0.838. The van der Waals surface area contributed by atoms with Crippen molar-refractivity contribution in [2.24, 2.45) is 17.6 Å². The van der Waals surface area contributed by atoms with Gasteiger partial charge in [0.05, 0.1) is 6.04 Å². The highest BCUT2D eigenvalue weighted by Gasteiger charge is 2.38. The van der Waals surface area contributed by atoms with Gasteiger partial charge in [-0.05, 0) is 61.9 Å². The van der Waals surface area contributed by atoms with Crippen molar-refractivity contribution < 1.29 is 4.79 Å². The normalized spacial score (nSPS) is 26.6. The molecule has 1 aromatic rings. The minimum Gasteiger partial charge on any atom is -0.335 e. The van der Waals surface area contributed by atoms with E-state index >= 15 is 0 Å². The lowest BCUT2D eigenvalue weighted by atomic mass is 9.89. The van der Waals surface area contributed by atoms with E-state index in [1.54, 1.807) is 6.07 Å². The molecule has 1 saturated carbocycles.